The van der Waals surface area contributed by atoms with E-state index < -0.39 is 6.10 Å². The lowest BCUT2D eigenvalue weighted by Gasteiger charge is -2.42. The molecule has 2 aromatic rings. The molecule has 1 atom stereocenters. The van der Waals surface area contributed by atoms with Crippen molar-refractivity contribution in [3.05, 3.63) is 42.1 Å². The third kappa shape index (κ3) is 3.09. The van der Waals surface area contributed by atoms with E-state index in [1.807, 2.05) is 38.4 Å². The number of para-hydroxylation sites is 1. The highest BCUT2D eigenvalue weighted by molar-refractivity contribution is 5.78. The summed E-state index contributed by atoms with van der Waals surface area (Å²) in [5.74, 6) is 0. The van der Waals surface area contributed by atoms with Gasteiger partial charge in [-0.25, -0.2) is 0 Å². The Morgan fingerprint density at radius 1 is 1.10 bits per heavy atom. The van der Waals surface area contributed by atoms with E-state index in [4.69, 9.17) is 0 Å². The van der Waals surface area contributed by atoms with Crippen LogP contribution in [0.2, 0.25) is 0 Å². The van der Waals surface area contributed by atoms with Gasteiger partial charge < -0.3 is 10.0 Å². The van der Waals surface area contributed by atoms with Crippen LogP contribution in [-0.2, 0) is 6.42 Å². The molecule has 0 aliphatic carbocycles. The minimum atomic E-state index is -0.420. The van der Waals surface area contributed by atoms with E-state index in [2.05, 4.69) is 35.9 Å². The molecule has 1 aromatic carbocycles. The standard InChI is InChI=1S/C18H26N2O/c1-5-18(6-2,20(3)4)17(21)13-15-12-11-14-9-7-8-10-16(14)19-15/h7-12,17,21H,5-6,13H2,1-4H3. The Hall–Kier alpha value is -1.45. The van der Waals surface area contributed by atoms with Crippen LogP contribution in [0.5, 0.6) is 0 Å². The van der Waals surface area contributed by atoms with Crippen molar-refractivity contribution >= 4 is 10.9 Å². The molecule has 0 fully saturated rings. The van der Waals surface area contributed by atoms with Gasteiger partial charge in [-0.05, 0) is 39.1 Å². The molecule has 0 bridgehead atoms. The Labute approximate surface area is 127 Å². The molecule has 114 valence electrons. The molecule has 1 aromatic heterocycles. The van der Waals surface area contributed by atoms with Gasteiger partial charge in [0.1, 0.15) is 0 Å². The number of rotatable bonds is 6. The molecule has 3 nitrogen and oxygen atoms in total. The van der Waals surface area contributed by atoms with Crippen LogP contribution in [0.15, 0.2) is 36.4 Å². The first-order valence-corrected chi connectivity index (χ1v) is 7.73. The van der Waals surface area contributed by atoms with E-state index in [-0.39, 0.29) is 5.54 Å². The van der Waals surface area contributed by atoms with Crippen LogP contribution in [0.3, 0.4) is 0 Å². The maximum absolute atomic E-state index is 10.8. The summed E-state index contributed by atoms with van der Waals surface area (Å²) >= 11 is 0. The minimum absolute atomic E-state index is 0.187. The van der Waals surface area contributed by atoms with Crippen molar-refractivity contribution in [3.63, 3.8) is 0 Å². The van der Waals surface area contributed by atoms with Gasteiger partial charge in [0.15, 0.2) is 0 Å². The molecule has 1 unspecified atom stereocenters. The first kappa shape index (κ1) is 15.9. The summed E-state index contributed by atoms with van der Waals surface area (Å²) < 4.78 is 0. The summed E-state index contributed by atoms with van der Waals surface area (Å²) in [6, 6.07) is 12.2. The van der Waals surface area contributed by atoms with Crippen molar-refractivity contribution in [2.75, 3.05) is 14.1 Å². The Kier molecular flexibility index (Phi) is 4.96. The van der Waals surface area contributed by atoms with Crippen molar-refractivity contribution in [2.45, 2.75) is 44.8 Å². The van der Waals surface area contributed by atoms with E-state index in [1.54, 1.807) is 0 Å². The van der Waals surface area contributed by atoms with Crippen molar-refractivity contribution in [1.29, 1.82) is 0 Å². The number of hydrogen-bond donors (Lipinski definition) is 1. The average Bonchev–Trinajstić information content (AvgIpc) is 2.48. The van der Waals surface area contributed by atoms with Crippen LogP contribution in [-0.4, -0.2) is 40.7 Å². The van der Waals surface area contributed by atoms with Crippen molar-refractivity contribution < 1.29 is 5.11 Å². The molecule has 0 spiro atoms. The number of pyridine rings is 1. The lowest BCUT2D eigenvalue weighted by atomic mass is 9.83. The van der Waals surface area contributed by atoms with Crippen molar-refractivity contribution in [3.8, 4) is 0 Å². The maximum atomic E-state index is 10.8. The van der Waals surface area contributed by atoms with Crippen molar-refractivity contribution in [1.82, 2.24) is 9.88 Å². The van der Waals surface area contributed by atoms with E-state index >= 15 is 0 Å². The Morgan fingerprint density at radius 3 is 2.38 bits per heavy atom. The summed E-state index contributed by atoms with van der Waals surface area (Å²) in [7, 11) is 4.09. The SMILES string of the molecule is CCC(CC)(C(O)Cc1ccc2ccccc2n1)N(C)C. The highest BCUT2D eigenvalue weighted by Gasteiger charge is 2.36. The molecule has 2 rings (SSSR count). The molecule has 0 aliphatic heterocycles. The monoisotopic (exact) mass is 286 g/mol. The zero-order valence-electron chi connectivity index (χ0n) is 13.5. The summed E-state index contributed by atoms with van der Waals surface area (Å²) in [4.78, 5) is 6.83. The van der Waals surface area contributed by atoms with Gasteiger partial charge in [-0.3, -0.25) is 4.98 Å². The molecular weight excluding hydrogens is 260 g/mol. The number of fused-ring (bicyclic) bond motifs is 1. The molecule has 0 saturated carbocycles. The number of aliphatic hydroxyl groups excluding tert-OH is 1. The van der Waals surface area contributed by atoms with Gasteiger partial charge in [-0.1, -0.05) is 38.1 Å². The summed E-state index contributed by atoms with van der Waals surface area (Å²) in [5, 5.41) is 11.9. The van der Waals surface area contributed by atoms with Crippen LogP contribution >= 0.6 is 0 Å². The fourth-order valence-corrected chi connectivity index (χ4v) is 3.26. The fraction of sp³-hybridized carbons (Fsp3) is 0.500. The smallest absolute Gasteiger partial charge is 0.0778 e. The van der Waals surface area contributed by atoms with E-state index in [0.29, 0.717) is 6.42 Å². The van der Waals surface area contributed by atoms with Crippen molar-refractivity contribution in [2.24, 2.45) is 0 Å². The van der Waals surface area contributed by atoms with Gasteiger partial charge in [-0.2, -0.15) is 0 Å². The van der Waals surface area contributed by atoms with Crippen LogP contribution in [0, 0.1) is 0 Å². The van der Waals surface area contributed by atoms with Crippen LogP contribution in [0.1, 0.15) is 32.4 Å². The van der Waals surface area contributed by atoms with Gasteiger partial charge in [0.25, 0.3) is 0 Å². The second kappa shape index (κ2) is 6.54. The largest absolute Gasteiger partial charge is 0.391 e. The number of nitrogens with zero attached hydrogens (tertiary/aromatic N) is 2. The summed E-state index contributed by atoms with van der Waals surface area (Å²) in [6.07, 6.45) is 2.01. The fourth-order valence-electron chi connectivity index (χ4n) is 3.26. The number of benzene rings is 1. The molecule has 21 heavy (non-hydrogen) atoms. The minimum Gasteiger partial charge on any atom is -0.391 e. The zero-order valence-corrected chi connectivity index (χ0v) is 13.5. The van der Waals surface area contributed by atoms with E-state index in [1.165, 1.54) is 0 Å². The second-order valence-electron chi connectivity index (χ2n) is 5.92. The molecule has 0 aliphatic rings. The lowest BCUT2D eigenvalue weighted by molar-refractivity contribution is -0.0130. The lowest BCUT2D eigenvalue weighted by Crippen LogP contribution is -2.53. The first-order valence-electron chi connectivity index (χ1n) is 7.73. The topological polar surface area (TPSA) is 36.4 Å². The quantitative estimate of drug-likeness (QED) is 0.885. The summed E-state index contributed by atoms with van der Waals surface area (Å²) in [6.45, 7) is 4.28. The zero-order chi connectivity index (χ0) is 15.5. The van der Waals surface area contributed by atoms with Gasteiger partial charge in [-0.15, -0.1) is 0 Å². The Bertz CT molecular complexity index is 591. The molecule has 0 radical (unpaired) electrons. The maximum Gasteiger partial charge on any atom is 0.0778 e. The normalized spacial score (nSPS) is 13.8. The van der Waals surface area contributed by atoms with Gasteiger partial charge in [0, 0.05) is 23.0 Å². The molecule has 1 N–H and O–H groups in total. The highest BCUT2D eigenvalue weighted by atomic mass is 16.3. The second-order valence-corrected chi connectivity index (χ2v) is 5.92. The van der Waals surface area contributed by atoms with Gasteiger partial charge in [0.2, 0.25) is 0 Å². The third-order valence-corrected chi connectivity index (χ3v) is 4.79. The average molecular weight is 286 g/mol. The highest BCUT2D eigenvalue weighted by Crippen LogP contribution is 2.28. The van der Waals surface area contributed by atoms with Gasteiger partial charge in [0.05, 0.1) is 11.6 Å². The van der Waals surface area contributed by atoms with Gasteiger partial charge >= 0.3 is 0 Å². The Morgan fingerprint density at radius 2 is 1.76 bits per heavy atom. The number of hydrogen-bond acceptors (Lipinski definition) is 3. The molecular formula is C18H26N2O. The summed E-state index contributed by atoms with van der Waals surface area (Å²) in [5.41, 5.74) is 1.76. The molecule has 1 heterocycles. The molecule has 3 heteroatoms. The Balaban J connectivity index is 2.25. The first-order chi connectivity index (χ1) is 10.0. The van der Waals surface area contributed by atoms with E-state index in [0.717, 1.165) is 29.4 Å². The van der Waals surface area contributed by atoms with Crippen LogP contribution in [0.25, 0.3) is 10.9 Å². The predicted molar refractivity (Wildman–Crippen MR) is 88.5 cm³/mol. The molecule has 0 amide bonds. The number of aromatic nitrogens is 1. The number of likely N-dealkylation sites (N-methyl/N-ethyl adjacent to an activating group) is 1. The van der Waals surface area contributed by atoms with E-state index in [9.17, 15) is 5.11 Å². The van der Waals surface area contributed by atoms with Crippen LogP contribution in [0.4, 0.5) is 0 Å². The third-order valence-electron chi connectivity index (χ3n) is 4.79. The van der Waals surface area contributed by atoms with Crippen LogP contribution < -0.4 is 0 Å². The predicted octanol–water partition coefficient (Wildman–Crippen LogP) is 3.26. The number of aliphatic hydroxyl groups is 1. The molecule has 0 saturated heterocycles.